The van der Waals surface area contributed by atoms with Crippen LogP contribution < -0.4 is 10.6 Å². The first-order chi connectivity index (χ1) is 10.4. The topological polar surface area (TPSA) is 67.4 Å². The summed E-state index contributed by atoms with van der Waals surface area (Å²) in [6, 6.07) is 5.97. The molecule has 1 fully saturated rings. The Hall–Kier alpha value is -1.73. The molecule has 1 aromatic carbocycles. The molecule has 23 heavy (non-hydrogen) atoms. The molecule has 0 aromatic heterocycles. The van der Waals surface area contributed by atoms with Crippen molar-refractivity contribution in [1.29, 1.82) is 0 Å². The highest BCUT2D eigenvalue weighted by atomic mass is 35.5. The Morgan fingerprint density at radius 2 is 2.00 bits per heavy atom. The standard InChI is InChI=1S/C15H18F2N2O3.ClH/c1-22-14(21)11-4-2-10(3-5-11)6-7-18-13(20)12-8-15(16,17)9-19-12;/h2-5,12,19H,6-9H2,1H3,(H,18,20);1H. The van der Waals surface area contributed by atoms with Crippen LogP contribution in [0.25, 0.3) is 0 Å². The van der Waals surface area contributed by atoms with Crippen molar-refractivity contribution in [3.05, 3.63) is 35.4 Å². The van der Waals surface area contributed by atoms with E-state index in [4.69, 9.17) is 0 Å². The van der Waals surface area contributed by atoms with Crippen molar-refractivity contribution in [1.82, 2.24) is 10.6 Å². The van der Waals surface area contributed by atoms with Crippen molar-refractivity contribution in [2.24, 2.45) is 0 Å². The normalized spacial score (nSPS) is 18.8. The average Bonchev–Trinajstić information content (AvgIpc) is 2.87. The molecule has 128 valence electrons. The number of nitrogens with one attached hydrogen (secondary N) is 2. The summed E-state index contributed by atoms with van der Waals surface area (Å²) in [4.78, 5) is 23.0. The van der Waals surface area contributed by atoms with Crippen molar-refractivity contribution in [2.75, 3.05) is 20.2 Å². The fraction of sp³-hybridized carbons (Fsp3) is 0.467. The maximum atomic E-state index is 13.0. The molecule has 0 radical (unpaired) electrons. The Balaban J connectivity index is 0.00000264. The fourth-order valence-electron chi connectivity index (χ4n) is 2.28. The van der Waals surface area contributed by atoms with Crippen molar-refractivity contribution in [3.63, 3.8) is 0 Å². The van der Waals surface area contributed by atoms with Crippen LogP contribution in [0.3, 0.4) is 0 Å². The van der Waals surface area contributed by atoms with E-state index >= 15 is 0 Å². The second kappa shape index (κ2) is 8.21. The number of hydrogen-bond donors (Lipinski definition) is 2. The quantitative estimate of drug-likeness (QED) is 0.792. The lowest BCUT2D eigenvalue weighted by atomic mass is 10.1. The van der Waals surface area contributed by atoms with Crippen LogP contribution in [0.5, 0.6) is 0 Å². The predicted octanol–water partition coefficient (Wildman–Crippen LogP) is 1.55. The van der Waals surface area contributed by atoms with Crippen LogP contribution in [0, 0.1) is 0 Å². The van der Waals surface area contributed by atoms with Gasteiger partial charge in [0, 0.05) is 13.0 Å². The molecule has 0 aliphatic carbocycles. The Labute approximate surface area is 139 Å². The zero-order valence-electron chi connectivity index (χ0n) is 12.6. The van der Waals surface area contributed by atoms with Gasteiger partial charge in [-0.25, -0.2) is 13.6 Å². The third-order valence-electron chi connectivity index (χ3n) is 3.51. The molecule has 1 heterocycles. The summed E-state index contributed by atoms with van der Waals surface area (Å²) in [5, 5.41) is 5.14. The lowest BCUT2D eigenvalue weighted by Gasteiger charge is -2.11. The summed E-state index contributed by atoms with van der Waals surface area (Å²) in [5.74, 6) is -3.64. The van der Waals surface area contributed by atoms with Gasteiger partial charge in [0.05, 0.1) is 25.3 Å². The molecule has 1 atom stereocenters. The first-order valence-corrected chi connectivity index (χ1v) is 6.97. The van der Waals surface area contributed by atoms with Gasteiger partial charge in [0.2, 0.25) is 5.91 Å². The average molecular weight is 349 g/mol. The lowest BCUT2D eigenvalue weighted by molar-refractivity contribution is -0.123. The second-order valence-corrected chi connectivity index (χ2v) is 5.22. The summed E-state index contributed by atoms with van der Waals surface area (Å²) in [6.07, 6.45) is 0.0863. The van der Waals surface area contributed by atoms with Crippen molar-refractivity contribution in [2.45, 2.75) is 24.8 Å². The van der Waals surface area contributed by atoms with E-state index < -0.39 is 36.8 Å². The SMILES string of the molecule is COC(=O)c1ccc(CCNC(=O)C2CC(F)(F)CN2)cc1.Cl. The first kappa shape index (κ1) is 19.3. The van der Waals surface area contributed by atoms with Crippen molar-refractivity contribution < 1.29 is 23.1 Å². The van der Waals surface area contributed by atoms with Crippen LogP contribution in [0.2, 0.25) is 0 Å². The Morgan fingerprint density at radius 3 is 2.52 bits per heavy atom. The maximum Gasteiger partial charge on any atom is 0.337 e. The smallest absolute Gasteiger partial charge is 0.337 e. The van der Waals surface area contributed by atoms with E-state index in [1.165, 1.54) is 7.11 Å². The molecule has 0 bridgehead atoms. The molecular weight excluding hydrogens is 330 g/mol. The van der Waals surface area contributed by atoms with Gasteiger partial charge in [-0.05, 0) is 24.1 Å². The molecule has 1 amide bonds. The summed E-state index contributed by atoms with van der Waals surface area (Å²) in [5.41, 5.74) is 1.38. The van der Waals surface area contributed by atoms with E-state index in [1.807, 2.05) is 0 Å². The van der Waals surface area contributed by atoms with Gasteiger partial charge in [0.1, 0.15) is 0 Å². The van der Waals surface area contributed by atoms with E-state index in [0.717, 1.165) is 5.56 Å². The zero-order valence-corrected chi connectivity index (χ0v) is 13.4. The zero-order chi connectivity index (χ0) is 16.2. The first-order valence-electron chi connectivity index (χ1n) is 6.97. The molecule has 2 rings (SSSR count). The largest absolute Gasteiger partial charge is 0.465 e. The predicted molar refractivity (Wildman–Crippen MR) is 83.1 cm³/mol. The minimum Gasteiger partial charge on any atom is -0.465 e. The van der Waals surface area contributed by atoms with Crippen molar-refractivity contribution >= 4 is 24.3 Å². The van der Waals surface area contributed by atoms with Crippen LogP contribution in [0.15, 0.2) is 24.3 Å². The van der Waals surface area contributed by atoms with Crippen LogP contribution in [-0.2, 0) is 16.0 Å². The molecular formula is C15H19ClF2N2O3. The molecule has 0 spiro atoms. The third-order valence-corrected chi connectivity index (χ3v) is 3.51. The van der Waals surface area contributed by atoms with E-state index in [0.29, 0.717) is 18.5 Å². The number of amides is 1. The maximum absolute atomic E-state index is 13.0. The number of hydrogen-bond acceptors (Lipinski definition) is 4. The number of halogens is 3. The van der Waals surface area contributed by atoms with Crippen LogP contribution >= 0.6 is 12.4 Å². The number of benzene rings is 1. The molecule has 1 unspecified atom stereocenters. The van der Waals surface area contributed by atoms with Gasteiger partial charge in [-0.3, -0.25) is 10.1 Å². The summed E-state index contributed by atoms with van der Waals surface area (Å²) in [6.45, 7) is -0.111. The Morgan fingerprint density at radius 1 is 1.35 bits per heavy atom. The van der Waals surface area contributed by atoms with Gasteiger partial charge >= 0.3 is 5.97 Å². The fourth-order valence-corrected chi connectivity index (χ4v) is 2.28. The molecule has 1 saturated heterocycles. The molecule has 1 aliphatic rings. The Kier molecular flexibility index (Phi) is 6.90. The van der Waals surface area contributed by atoms with Gasteiger partial charge in [0.15, 0.2) is 0 Å². The summed E-state index contributed by atoms with van der Waals surface area (Å²) >= 11 is 0. The highest BCUT2D eigenvalue weighted by Gasteiger charge is 2.42. The Bertz CT molecular complexity index is 552. The summed E-state index contributed by atoms with van der Waals surface area (Å²) < 4.78 is 30.6. The monoisotopic (exact) mass is 348 g/mol. The lowest BCUT2D eigenvalue weighted by Crippen LogP contribution is -2.41. The number of carbonyl (C=O) groups is 2. The van der Waals surface area contributed by atoms with E-state index in [2.05, 4.69) is 15.4 Å². The molecule has 5 nitrogen and oxygen atoms in total. The highest BCUT2D eigenvalue weighted by molar-refractivity contribution is 5.89. The third kappa shape index (κ3) is 5.44. The van der Waals surface area contributed by atoms with Crippen LogP contribution in [-0.4, -0.2) is 44.0 Å². The van der Waals surface area contributed by atoms with E-state index in [1.54, 1.807) is 24.3 Å². The number of alkyl halides is 2. The van der Waals surface area contributed by atoms with Crippen LogP contribution in [0.4, 0.5) is 8.78 Å². The molecule has 1 aromatic rings. The molecule has 8 heteroatoms. The minimum atomic E-state index is -2.81. The van der Waals surface area contributed by atoms with E-state index in [-0.39, 0.29) is 12.4 Å². The van der Waals surface area contributed by atoms with Crippen molar-refractivity contribution in [3.8, 4) is 0 Å². The second-order valence-electron chi connectivity index (χ2n) is 5.22. The highest BCUT2D eigenvalue weighted by Crippen LogP contribution is 2.24. The molecule has 2 N–H and O–H groups in total. The molecule has 1 aliphatic heterocycles. The number of methoxy groups -OCH3 is 1. The number of rotatable bonds is 5. The van der Waals surface area contributed by atoms with Gasteiger partial charge < -0.3 is 10.1 Å². The summed E-state index contributed by atoms with van der Waals surface area (Å²) in [7, 11) is 1.31. The minimum absolute atomic E-state index is 0. The van der Waals surface area contributed by atoms with Gasteiger partial charge in [-0.2, -0.15) is 0 Å². The number of esters is 1. The van der Waals surface area contributed by atoms with Crippen LogP contribution in [0.1, 0.15) is 22.3 Å². The molecule has 0 saturated carbocycles. The van der Waals surface area contributed by atoms with Gasteiger partial charge in [0.25, 0.3) is 5.92 Å². The number of carbonyl (C=O) groups excluding carboxylic acids is 2. The van der Waals surface area contributed by atoms with Gasteiger partial charge in [-0.1, -0.05) is 12.1 Å². The van der Waals surface area contributed by atoms with E-state index in [9.17, 15) is 18.4 Å². The van der Waals surface area contributed by atoms with Gasteiger partial charge in [-0.15, -0.1) is 12.4 Å². The number of ether oxygens (including phenoxy) is 1.